The van der Waals surface area contributed by atoms with Crippen LogP contribution in [0.4, 0.5) is 0 Å². The molecule has 0 radical (unpaired) electrons. The molecule has 0 unspecified atom stereocenters. The molecule has 4 aliphatic carbocycles. The van der Waals surface area contributed by atoms with Crippen molar-refractivity contribution in [2.24, 2.45) is 40.4 Å². The van der Waals surface area contributed by atoms with Gasteiger partial charge in [-0.1, -0.05) is 20.3 Å². The van der Waals surface area contributed by atoms with Crippen LogP contribution in [0.2, 0.25) is 0 Å². The van der Waals surface area contributed by atoms with Crippen molar-refractivity contribution in [2.75, 3.05) is 0 Å². The van der Waals surface area contributed by atoms with E-state index in [1.165, 1.54) is 44.9 Å². The molecule has 2 nitrogen and oxygen atoms in total. The second-order valence-corrected chi connectivity index (χ2v) is 11.0. The quantitative estimate of drug-likeness (QED) is 0.692. The van der Waals surface area contributed by atoms with Crippen molar-refractivity contribution >= 4 is 5.78 Å². The Labute approximate surface area is 154 Å². The molecule has 0 aliphatic heterocycles. The number of Topliss-reactive ketones (excluding diaryl/α,β-unsaturated/α-hetero) is 1. The summed E-state index contributed by atoms with van der Waals surface area (Å²) in [6.07, 6.45) is 12.1. The van der Waals surface area contributed by atoms with Gasteiger partial charge in [0.25, 0.3) is 0 Å². The molecule has 4 fully saturated rings. The lowest BCUT2D eigenvalue weighted by Crippen LogP contribution is -2.52. The third-order valence-corrected chi connectivity index (χ3v) is 9.67. The molecule has 0 bridgehead atoms. The molecule has 4 rings (SSSR count). The van der Waals surface area contributed by atoms with Gasteiger partial charge < -0.3 is 5.11 Å². The summed E-state index contributed by atoms with van der Waals surface area (Å²) in [7, 11) is 0. The Hall–Kier alpha value is -0.370. The van der Waals surface area contributed by atoms with Gasteiger partial charge in [-0.3, -0.25) is 4.79 Å². The summed E-state index contributed by atoms with van der Waals surface area (Å²) >= 11 is 0. The van der Waals surface area contributed by atoms with Gasteiger partial charge in [-0.25, -0.2) is 0 Å². The predicted octanol–water partition coefficient (Wildman–Crippen LogP) is 5.38. The third kappa shape index (κ3) is 2.65. The maximum Gasteiger partial charge on any atom is 0.133 e. The summed E-state index contributed by atoms with van der Waals surface area (Å²) < 4.78 is 0. The molecule has 0 spiro atoms. The Kier molecular flexibility index (Phi) is 4.19. The fraction of sp³-hybridized carbons (Fsp3) is 0.957. The fourth-order valence-corrected chi connectivity index (χ4v) is 8.41. The van der Waals surface area contributed by atoms with Crippen molar-refractivity contribution in [2.45, 2.75) is 97.5 Å². The minimum Gasteiger partial charge on any atom is -0.390 e. The highest BCUT2D eigenvalue weighted by Gasteiger charge is 2.60. The number of carbonyl (C=O) groups is 1. The van der Waals surface area contributed by atoms with Gasteiger partial charge in [-0.05, 0) is 106 Å². The zero-order valence-electron chi connectivity index (χ0n) is 16.8. The maximum absolute atomic E-state index is 12.2. The van der Waals surface area contributed by atoms with Crippen molar-refractivity contribution in [3.63, 3.8) is 0 Å². The Morgan fingerprint density at radius 1 is 0.880 bits per heavy atom. The molecule has 0 heterocycles. The number of hydrogen-bond donors (Lipinski definition) is 1. The molecule has 0 aromatic heterocycles. The Morgan fingerprint density at radius 3 is 2.32 bits per heavy atom. The average molecular weight is 347 g/mol. The number of ketones is 1. The van der Waals surface area contributed by atoms with Crippen LogP contribution in [0.25, 0.3) is 0 Å². The van der Waals surface area contributed by atoms with Crippen molar-refractivity contribution in [1.29, 1.82) is 0 Å². The van der Waals surface area contributed by atoms with E-state index in [2.05, 4.69) is 20.8 Å². The number of rotatable bonds is 1. The number of hydrogen-bond acceptors (Lipinski definition) is 2. The highest BCUT2D eigenvalue weighted by atomic mass is 16.3. The second-order valence-electron chi connectivity index (χ2n) is 11.0. The second kappa shape index (κ2) is 5.81. The first-order chi connectivity index (χ1) is 11.7. The lowest BCUT2D eigenvalue weighted by molar-refractivity contribution is -0.132. The lowest BCUT2D eigenvalue weighted by Gasteiger charge is -2.59. The van der Waals surface area contributed by atoms with Crippen molar-refractivity contribution < 1.29 is 9.90 Å². The van der Waals surface area contributed by atoms with Crippen molar-refractivity contribution in [3.8, 4) is 0 Å². The third-order valence-electron chi connectivity index (χ3n) is 9.67. The molecule has 1 N–H and O–H groups in total. The zero-order valence-corrected chi connectivity index (χ0v) is 16.8. The van der Waals surface area contributed by atoms with E-state index in [0.29, 0.717) is 23.0 Å². The zero-order chi connectivity index (χ0) is 18.0. The van der Waals surface area contributed by atoms with Crippen LogP contribution in [-0.4, -0.2) is 16.5 Å². The Bertz CT molecular complexity index is 552. The first-order valence-corrected chi connectivity index (χ1v) is 10.9. The molecule has 4 saturated carbocycles. The van der Waals surface area contributed by atoms with E-state index in [1.807, 2.05) is 6.92 Å². The van der Waals surface area contributed by atoms with Crippen LogP contribution in [0.1, 0.15) is 91.9 Å². The predicted molar refractivity (Wildman–Crippen MR) is 101 cm³/mol. The van der Waals surface area contributed by atoms with Crippen LogP contribution < -0.4 is 0 Å². The van der Waals surface area contributed by atoms with Gasteiger partial charge >= 0.3 is 0 Å². The number of fused-ring (bicyclic) bond motifs is 5. The topological polar surface area (TPSA) is 37.3 Å². The van der Waals surface area contributed by atoms with E-state index in [9.17, 15) is 9.90 Å². The van der Waals surface area contributed by atoms with Crippen LogP contribution in [0, 0.1) is 40.4 Å². The van der Waals surface area contributed by atoms with Gasteiger partial charge in [-0.2, -0.15) is 0 Å². The average Bonchev–Trinajstić information content (AvgIpc) is 2.81. The summed E-state index contributed by atoms with van der Waals surface area (Å²) in [6, 6.07) is 0. The summed E-state index contributed by atoms with van der Waals surface area (Å²) in [5.41, 5.74) is 0.233. The van der Waals surface area contributed by atoms with Crippen LogP contribution in [0.15, 0.2) is 0 Å². The summed E-state index contributed by atoms with van der Waals surface area (Å²) in [5.74, 6) is 3.87. The standard InChI is InChI=1S/C23H38O2/c1-15(24)18-8-9-19-17-7-6-16-14-21(2,25)11-5-12-22(16,3)20(17)10-13-23(18,19)4/h16-20,25H,5-14H2,1-4H3/t16-,17-,18+,19-,20-,21-,22-,23+/m0/s1. The minimum absolute atomic E-state index is 0.270. The molecular formula is C23H38O2. The van der Waals surface area contributed by atoms with Crippen LogP contribution >= 0.6 is 0 Å². The van der Waals surface area contributed by atoms with Crippen LogP contribution in [0.5, 0.6) is 0 Å². The van der Waals surface area contributed by atoms with E-state index in [-0.39, 0.29) is 5.41 Å². The molecule has 25 heavy (non-hydrogen) atoms. The molecule has 8 atom stereocenters. The van der Waals surface area contributed by atoms with Gasteiger partial charge in [0.2, 0.25) is 0 Å². The van der Waals surface area contributed by atoms with E-state index in [1.54, 1.807) is 0 Å². The first kappa shape index (κ1) is 18.0. The molecule has 0 aromatic carbocycles. The monoisotopic (exact) mass is 346 g/mol. The van der Waals surface area contributed by atoms with Crippen molar-refractivity contribution in [3.05, 3.63) is 0 Å². The molecular weight excluding hydrogens is 308 g/mol. The summed E-state index contributed by atoms with van der Waals surface area (Å²) in [4.78, 5) is 12.2. The molecule has 2 heteroatoms. The van der Waals surface area contributed by atoms with Crippen LogP contribution in [-0.2, 0) is 4.79 Å². The SMILES string of the molecule is CC(=O)[C@H]1CC[C@H]2[C@@H]3CC[C@H]4C[C@@](C)(O)CCC[C@]4(C)[C@H]3CC[C@]12C. The molecule has 0 amide bonds. The van der Waals surface area contributed by atoms with Gasteiger partial charge in [0.05, 0.1) is 5.60 Å². The molecule has 142 valence electrons. The lowest BCUT2D eigenvalue weighted by atomic mass is 9.46. The van der Waals surface area contributed by atoms with Gasteiger partial charge in [0, 0.05) is 5.92 Å². The van der Waals surface area contributed by atoms with E-state index in [0.717, 1.165) is 37.0 Å². The Morgan fingerprint density at radius 2 is 1.60 bits per heavy atom. The van der Waals surface area contributed by atoms with Gasteiger partial charge in [-0.15, -0.1) is 0 Å². The smallest absolute Gasteiger partial charge is 0.133 e. The van der Waals surface area contributed by atoms with E-state index >= 15 is 0 Å². The Balaban J connectivity index is 1.62. The fourth-order valence-electron chi connectivity index (χ4n) is 8.41. The normalized spacial score (nSPS) is 55.6. The highest BCUT2D eigenvalue weighted by molar-refractivity contribution is 5.79. The van der Waals surface area contributed by atoms with E-state index in [4.69, 9.17) is 0 Å². The molecule has 0 aromatic rings. The maximum atomic E-state index is 12.2. The van der Waals surface area contributed by atoms with Crippen molar-refractivity contribution in [1.82, 2.24) is 0 Å². The highest BCUT2D eigenvalue weighted by Crippen LogP contribution is 2.67. The summed E-state index contributed by atoms with van der Waals surface area (Å²) in [5, 5.41) is 10.8. The number of aliphatic hydroxyl groups is 1. The summed E-state index contributed by atoms with van der Waals surface area (Å²) in [6.45, 7) is 8.91. The minimum atomic E-state index is -0.453. The molecule has 0 saturated heterocycles. The van der Waals surface area contributed by atoms with Gasteiger partial charge in [0.1, 0.15) is 5.78 Å². The number of carbonyl (C=O) groups excluding carboxylic acids is 1. The largest absolute Gasteiger partial charge is 0.390 e. The molecule has 4 aliphatic rings. The van der Waals surface area contributed by atoms with Crippen LogP contribution in [0.3, 0.4) is 0 Å². The van der Waals surface area contributed by atoms with E-state index < -0.39 is 5.60 Å². The first-order valence-electron chi connectivity index (χ1n) is 10.9. The van der Waals surface area contributed by atoms with Gasteiger partial charge in [0.15, 0.2) is 0 Å².